The number of aromatic nitrogens is 5. The van der Waals surface area contributed by atoms with Crippen molar-refractivity contribution in [3.63, 3.8) is 0 Å². The highest BCUT2D eigenvalue weighted by molar-refractivity contribution is 7.13. The highest BCUT2D eigenvalue weighted by atomic mass is 32.1. The number of rotatable bonds is 33. The van der Waals surface area contributed by atoms with Crippen LogP contribution in [0.3, 0.4) is 0 Å². The van der Waals surface area contributed by atoms with Gasteiger partial charge in [-0.1, -0.05) is 163 Å². The van der Waals surface area contributed by atoms with Gasteiger partial charge >= 0.3 is 0 Å². The quantitative estimate of drug-likeness (QED) is 0.0393. The number of aromatic amines is 1. The molecule has 8 rings (SSSR count). The molecule has 0 radical (unpaired) electrons. The Kier molecular flexibility index (Phi) is 22.6. The van der Waals surface area contributed by atoms with E-state index >= 15 is 0 Å². The fourth-order valence-electron chi connectivity index (χ4n) is 10.5. The summed E-state index contributed by atoms with van der Waals surface area (Å²) in [4.78, 5) is 70.5. The largest absolute Gasteiger partial charge is 0.494 e. The number of aromatic hydroxyl groups is 1. The normalized spacial score (nSPS) is 15.2. The van der Waals surface area contributed by atoms with E-state index in [0.717, 1.165) is 47.1 Å². The molecule has 5 aromatic rings. The van der Waals surface area contributed by atoms with E-state index in [4.69, 9.17) is 9.97 Å². The minimum absolute atomic E-state index is 0.0272. The van der Waals surface area contributed by atoms with Crippen molar-refractivity contribution in [1.82, 2.24) is 34.7 Å². The highest BCUT2D eigenvalue weighted by Crippen LogP contribution is 2.48. The number of amides is 3. The molecular weight excluding hydrogens is 989 g/mol. The zero-order valence-corrected chi connectivity index (χ0v) is 47.1. The second-order valence-corrected chi connectivity index (χ2v) is 23.5. The first-order valence-electron chi connectivity index (χ1n) is 27.6. The van der Waals surface area contributed by atoms with E-state index in [-0.39, 0.29) is 23.6 Å². The molecule has 3 aliphatic rings. The van der Waals surface area contributed by atoms with Gasteiger partial charge in [-0.25, -0.2) is 24.9 Å². The molecule has 0 saturated heterocycles. The van der Waals surface area contributed by atoms with Crippen molar-refractivity contribution in [1.29, 1.82) is 0 Å². The number of hydrogen-bond acceptors (Lipinski definition) is 12. The molecule has 3 aliphatic heterocycles. The van der Waals surface area contributed by atoms with E-state index in [9.17, 15) is 19.5 Å². The van der Waals surface area contributed by atoms with Crippen molar-refractivity contribution in [2.75, 3.05) is 13.1 Å². The van der Waals surface area contributed by atoms with E-state index in [1.807, 2.05) is 38.3 Å². The third-order valence-electron chi connectivity index (χ3n) is 14.4. The van der Waals surface area contributed by atoms with Crippen molar-refractivity contribution in [2.45, 2.75) is 188 Å². The lowest BCUT2D eigenvalue weighted by Crippen LogP contribution is -2.35. The fourth-order valence-corrected chi connectivity index (χ4v) is 13.2. The molecule has 0 saturated carbocycles. The molecule has 16 heteroatoms. The van der Waals surface area contributed by atoms with Gasteiger partial charge in [-0.3, -0.25) is 14.4 Å². The maximum atomic E-state index is 14.9. The number of hydrogen-bond donors (Lipinski definition) is 2. The average molecular weight is 1070 g/mol. The van der Waals surface area contributed by atoms with Crippen LogP contribution in [0.4, 0.5) is 0 Å². The monoisotopic (exact) mass is 1070 g/mol. The number of carbonyl (C=O) groups is 3. The molecule has 0 aromatic carbocycles. The second kappa shape index (κ2) is 29.5. The van der Waals surface area contributed by atoms with Crippen molar-refractivity contribution in [3.8, 4) is 16.6 Å². The average Bonchev–Trinajstić information content (AvgIpc) is 4.26. The van der Waals surface area contributed by atoms with Gasteiger partial charge < -0.3 is 19.9 Å². The van der Waals surface area contributed by atoms with Crippen molar-refractivity contribution < 1.29 is 19.5 Å². The van der Waals surface area contributed by atoms with Crippen molar-refractivity contribution in [3.05, 3.63) is 83.6 Å². The molecule has 2 unspecified atom stereocenters. The summed E-state index contributed by atoms with van der Waals surface area (Å²) >= 11 is 5.83. The smallest absolute Gasteiger partial charge is 0.280 e. The van der Waals surface area contributed by atoms with Gasteiger partial charge in [0.25, 0.3) is 17.7 Å². The van der Waals surface area contributed by atoms with Crippen LogP contribution < -0.4 is 0 Å². The molecule has 8 heterocycles. The summed E-state index contributed by atoms with van der Waals surface area (Å²) in [6, 6.07) is 0. The van der Waals surface area contributed by atoms with Gasteiger partial charge in [0.2, 0.25) is 0 Å². The summed E-state index contributed by atoms with van der Waals surface area (Å²) in [6.07, 6.45) is 37.8. The van der Waals surface area contributed by atoms with Crippen LogP contribution in [0.5, 0.6) is 5.88 Å². The molecule has 0 bridgehead atoms. The van der Waals surface area contributed by atoms with Gasteiger partial charge in [0.15, 0.2) is 5.88 Å². The number of H-pyrrole nitrogens is 1. The van der Waals surface area contributed by atoms with Gasteiger partial charge in [-0.05, 0) is 37.5 Å². The van der Waals surface area contributed by atoms with Crippen molar-refractivity contribution in [2.24, 2.45) is 16.8 Å². The maximum Gasteiger partial charge on any atom is 0.280 e. The van der Waals surface area contributed by atoms with Crippen molar-refractivity contribution >= 4 is 80.2 Å². The predicted molar refractivity (Wildman–Crippen MR) is 302 cm³/mol. The summed E-state index contributed by atoms with van der Waals surface area (Å²) in [6.45, 7) is 10.4. The summed E-state index contributed by atoms with van der Waals surface area (Å²) in [5, 5.41) is 20.5. The molecule has 3 amide bonds. The zero-order chi connectivity index (χ0) is 51.4. The predicted octanol–water partition coefficient (Wildman–Crippen LogP) is 15.8. The lowest BCUT2D eigenvalue weighted by molar-refractivity contribution is -0.124. The number of nitrogens with one attached hydrogen (secondary N) is 1. The zero-order valence-electron chi connectivity index (χ0n) is 43.8. The summed E-state index contributed by atoms with van der Waals surface area (Å²) in [5.74, 6) is 0.291. The summed E-state index contributed by atoms with van der Waals surface area (Å²) in [7, 11) is 0. The Morgan fingerprint density at radius 3 is 1.22 bits per heavy atom. The number of aliphatic imine (C=N–C) groups is 1. The standard InChI is InChI=1S/C45H72N4O2S2.C12H6N4O2S2/c1-5-9-13-17-20-24-28-36(26-22-16-12-8-4)34-48-40(42-46-30-32-52-42)38-39(44(48)50)41(43-47-31-33-53-43)49(45(38)51)35-37(27-23-19-15-11-7-3)29-25-21-18-14-10-6-2;17-9-5-6(8(16-9)12-14-2-4-20-12)10(18)15-7(5)11-13-1-3-19-11/h30-33,36-37H,5-29,34-35H2,1-4H3;1-4,15,18H. The van der Waals surface area contributed by atoms with E-state index in [1.165, 1.54) is 180 Å². The molecule has 0 spiro atoms. The number of thiazole rings is 4. The third-order valence-corrected chi connectivity index (χ3v) is 17.5. The first kappa shape index (κ1) is 56.1. The van der Waals surface area contributed by atoms with Crippen LogP contribution in [-0.4, -0.2) is 76.3 Å². The third kappa shape index (κ3) is 14.6. The highest BCUT2D eigenvalue weighted by Gasteiger charge is 2.50. The molecule has 394 valence electrons. The fraction of sp³-hybridized carbons (Fsp3) is 0.579. The maximum absolute atomic E-state index is 14.9. The van der Waals surface area contributed by atoms with Crippen LogP contribution in [0.25, 0.3) is 22.1 Å². The summed E-state index contributed by atoms with van der Waals surface area (Å²) < 4.78 is 0. The molecule has 5 aromatic heterocycles. The Labute approximate surface area is 450 Å². The lowest BCUT2D eigenvalue weighted by Gasteiger charge is -2.29. The molecular formula is C57H78N8O4S4. The Bertz CT molecular complexity index is 2560. The minimum atomic E-state index is -0.382. The number of carbonyl (C=O) groups excluding carboxylic acids is 3. The molecule has 0 fully saturated rings. The van der Waals surface area contributed by atoms with E-state index in [1.54, 1.807) is 17.8 Å². The Balaban J connectivity index is 0.000000319. The summed E-state index contributed by atoms with van der Waals surface area (Å²) in [5.41, 5.74) is 4.33. The van der Waals surface area contributed by atoms with Crippen LogP contribution in [0.1, 0.15) is 219 Å². The number of unbranched alkanes of at least 4 members (excludes halogenated alkanes) is 17. The van der Waals surface area contributed by atoms with Crippen LogP contribution in [0.15, 0.2) is 62.4 Å². The van der Waals surface area contributed by atoms with E-state index in [0.29, 0.717) is 68.6 Å². The second-order valence-electron chi connectivity index (χ2n) is 19.9. The topological polar surface area (TPSA) is 158 Å². The first-order chi connectivity index (χ1) is 35.8. The minimum Gasteiger partial charge on any atom is -0.494 e. The van der Waals surface area contributed by atoms with Crippen LogP contribution in [0.2, 0.25) is 0 Å². The van der Waals surface area contributed by atoms with Gasteiger partial charge in [0, 0.05) is 59.4 Å². The molecule has 0 aliphatic carbocycles. The van der Waals surface area contributed by atoms with Gasteiger partial charge in [-0.15, -0.1) is 45.3 Å². The number of nitrogens with zero attached hydrogens (tertiary/aromatic N) is 7. The van der Waals surface area contributed by atoms with E-state index < -0.39 is 0 Å². The Hall–Kier alpha value is -4.64. The van der Waals surface area contributed by atoms with Gasteiger partial charge in [0.1, 0.15) is 25.7 Å². The Morgan fingerprint density at radius 1 is 0.479 bits per heavy atom. The molecule has 2 N–H and O–H groups in total. The van der Waals surface area contributed by atoms with Crippen LogP contribution in [-0.2, 0) is 9.59 Å². The number of fused-ring (bicyclic) bond motifs is 2. The van der Waals surface area contributed by atoms with Crippen LogP contribution >= 0.6 is 45.3 Å². The van der Waals surface area contributed by atoms with E-state index in [2.05, 4.69) is 47.6 Å². The molecule has 2 atom stereocenters. The Morgan fingerprint density at radius 2 is 0.836 bits per heavy atom. The van der Waals surface area contributed by atoms with Gasteiger partial charge in [-0.2, -0.15) is 0 Å². The van der Waals surface area contributed by atoms with Crippen LogP contribution in [0, 0.1) is 11.8 Å². The first-order valence-corrected chi connectivity index (χ1v) is 31.1. The molecule has 73 heavy (non-hydrogen) atoms. The van der Waals surface area contributed by atoms with Gasteiger partial charge in [0.05, 0.1) is 39.4 Å². The SMILES string of the molecule is CCCCCCCCC(CCCCCC)CN1C(=O)C2=C(c3nccs3)N(CC(CCCCCCC)CCCCCCCC)C(=O)C2=C1c1nccs1.O=C1N=C(c2nccs2)c2c(O)[nH]c(-c3nccs3)c21. The molecule has 12 nitrogen and oxygen atoms in total. The lowest BCUT2D eigenvalue weighted by atomic mass is 9.93.